The Kier molecular flexibility index (Phi) is 2.90. The number of carbonyl (C=O) groups is 2. The third-order valence-electron chi connectivity index (χ3n) is 3.17. The van der Waals surface area contributed by atoms with Crippen LogP contribution in [0.2, 0.25) is 0 Å². The van der Waals surface area contributed by atoms with Gasteiger partial charge in [-0.25, -0.2) is 0 Å². The van der Waals surface area contributed by atoms with Gasteiger partial charge in [-0.15, -0.1) is 0 Å². The third kappa shape index (κ3) is 2.47. The Morgan fingerprint density at radius 1 is 1.47 bits per heavy atom. The first kappa shape index (κ1) is 10.4. The van der Waals surface area contributed by atoms with Crippen molar-refractivity contribution < 1.29 is 9.59 Å². The van der Waals surface area contributed by atoms with Crippen molar-refractivity contribution in [2.75, 3.05) is 6.54 Å². The molecule has 84 valence electrons. The van der Waals surface area contributed by atoms with Gasteiger partial charge in [0.2, 0.25) is 11.8 Å². The van der Waals surface area contributed by atoms with Gasteiger partial charge in [0.05, 0.1) is 6.04 Å². The average molecular weight is 211 g/mol. The second-order valence-electron chi connectivity index (χ2n) is 4.48. The lowest BCUT2D eigenvalue weighted by atomic mass is 10.1. The van der Waals surface area contributed by atoms with Crippen LogP contribution in [0.5, 0.6) is 0 Å². The zero-order valence-corrected chi connectivity index (χ0v) is 8.66. The molecule has 1 saturated heterocycles. The molecular weight excluding hydrogens is 194 g/mol. The van der Waals surface area contributed by atoms with Gasteiger partial charge in [-0.2, -0.15) is 0 Å². The minimum atomic E-state index is -0.0261. The molecular formula is C10H17N3O2. The highest BCUT2D eigenvalue weighted by Crippen LogP contribution is 2.24. The summed E-state index contributed by atoms with van der Waals surface area (Å²) in [6.07, 6.45) is 2.99. The van der Waals surface area contributed by atoms with Crippen LogP contribution in [0.3, 0.4) is 0 Å². The fraction of sp³-hybridized carbons (Fsp3) is 0.800. The van der Waals surface area contributed by atoms with E-state index in [1.165, 1.54) is 0 Å². The smallest absolute Gasteiger partial charge is 0.223 e. The molecule has 0 spiro atoms. The van der Waals surface area contributed by atoms with E-state index in [1.807, 2.05) is 0 Å². The Hall–Kier alpha value is -1.10. The van der Waals surface area contributed by atoms with Gasteiger partial charge >= 0.3 is 0 Å². The van der Waals surface area contributed by atoms with Crippen LogP contribution in [-0.4, -0.2) is 30.4 Å². The highest BCUT2D eigenvalue weighted by Gasteiger charge is 2.30. The predicted octanol–water partition coefficient (Wildman–Crippen LogP) is -0.881. The van der Waals surface area contributed by atoms with Crippen molar-refractivity contribution >= 4 is 11.8 Å². The van der Waals surface area contributed by atoms with Gasteiger partial charge in [-0.3, -0.25) is 9.59 Å². The maximum absolute atomic E-state index is 11.7. The van der Waals surface area contributed by atoms with Crippen LogP contribution < -0.4 is 16.4 Å². The molecule has 1 aliphatic heterocycles. The second kappa shape index (κ2) is 4.18. The summed E-state index contributed by atoms with van der Waals surface area (Å²) in [5.74, 6) is 0.128. The summed E-state index contributed by atoms with van der Waals surface area (Å²) >= 11 is 0. The van der Waals surface area contributed by atoms with Crippen LogP contribution in [0.15, 0.2) is 0 Å². The molecule has 5 heteroatoms. The van der Waals surface area contributed by atoms with Gasteiger partial charge in [0, 0.05) is 24.9 Å². The van der Waals surface area contributed by atoms with Crippen LogP contribution in [-0.2, 0) is 9.59 Å². The molecule has 2 amide bonds. The first-order valence-corrected chi connectivity index (χ1v) is 5.48. The predicted molar refractivity (Wildman–Crippen MR) is 54.9 cm³/mol. The zero-order valence-electron chi connectivity index (χ0n) is 8.66. The minimum Gasteiger partial charge on any atom is -0.354 e. The standard InChI is InChI=1S/C10H17N3O2/c11-7-2-1-6(3-7)10(15)13-8-4-9(14)12-5-8/h6-8H,1-5,11H2,(H,12,14)(H,13,15). The topological polar surface area (TPSA) is 84.2 Å². The highest BCUT2D eigenvalue weighted by atomic mass is 16.2. The molecule has 15 heavy (non-hydrogen) atoms. The van der Waals surface area contributed by atoms with Crippen molar-refractivity contribution in [3.63, 3.8) is 0 Å². The van der Waals surface area contributed by atoms with E-state index >= 15 is 0 Å². The second-order valence-corrected chi connectivity index (χ2v) is 4.48. The Balaban J connectivity index is 1.79. The van der Waals surface area contributed by atoms with Crippen molar-refractivity contribution in [1.29, 1.82) is 0 Å². The van der Waals surface area contributed by atoms with Crippen molar-refractivity contribution in [1.82, 2.24) is 10.6 Å². The number of hydrogen-bond donors (Lipinski definition) is 3. The maximum atomic E-state index is 11.7. The maximum Gasteiger partial charge on any atom is 0.223 e. The van der Waals surface area contributed by atoms with Gasteiger partial charge in [-0.05, 0) is 19.3 Å². The summed E-state index contributed by atoms with van der Waals surface area (Å²) in [5.41, 5.74) is 5.75. The normalized spacial score (nSPS) is 35.3. The lowest BCUT2D eigenvalue weighted by molar-refractivity contribution is -0.125. The van der Waals surface area contributed by atoms with Crippen LogP contribution >= 0.6 is 0 Å². The molecule has 1 aliphatic carbocycles. The van der Waals surface area contributed by atoms with Gasteiger partial charge in [-0.1, -0.05) is 0 Å². The first-order chi connectivity index (χ1) is 7.15. The van der Waals surface area contributed by atoms with E-state index in [0.717, 1.165) is 19.3 Å². The van der Waals surface area contributed by atoms with Crippen molar-refractivity contribution in [2.24, 2.45) is 11.7 Å². The Morgan fingerprint density at radius 3 is 2.80 bits per heavy atom. The lowest BCUT2D eigenvalue weighted by Gasteiger charge is -2.14. The molecule has 4 N–H and O–H groups in total. The van der Waals surface area contributed by atoms with E-state index in [4.69, 9.17) is 5.73 Å². The number of carbonyl (C=O) groups excluding carboxylic acids is 2. The number of rotatable bonds is 2. The summed E-state index contributed by atoms with van der Waals surface area (Å²) in [6.45, 7) is 0.559. The van der Waals surface area contributed by atoms with Crippen molar-refractivity contribution in [3.8, 4) is 0 Å². The number of hydrogen-bond acceptors (Lipinski definition) is 3. The molecule has 1 heterocycles. The summed E-state index contributed by atoms with van der Waals surface area (Å²) in [5, 5.41) is 5.59. The van der Waals surface area contributed by atoms with Gasteiger partial charge in [0.15, 0.2) is 0 Å². The van der Waals surface area contributed by atoms with E-state index in [0.29, 0.717) is 13.0 Å². The van der Waals surface area contributed by atoms with E-state index in [-0.39, 0.29) is 29.8 Å². The van der Waals surface area contributed by atoms with E-state index < -0.39 is 0 Å². The molecule has 0 radical (unpaired) electrons. The Labute approximate surface area is 88.8 Å². The monoisotopic (exact) mass is 211 g/mol. The highest BCUT2D eigenvalue weighted by molar-refractivity contribution is 5.83. The molecule has 2 rings (SSSR count). The first-order valence-electron chi connectivity index (χ1n) is 5.48. The van der Waals surface area contributed by atoms with Crippen LogP contribution in [0.1, 0.15) is 25.7 Å². The molecule has 0 aromatic rings. The fourth-order valence-electron chi connectivity index (χ4n) is 2.28. The molecule has 0 bridgehead atoms. The van der Waals surface area contributed by atoms with E-state index in [9.17, 15) is 9.59 Å². The lowest BCUT2D eigenvalue weighted by Crippen LogP contribution is -2.39. The Bertz CT molecular complexity index is 280. The third-order valence-corrected chi connectivity index (χ3v) is 3.17. The van der Waals surface area contributed by atoms with E-state index in [2.05, 4.69) is 10.6 Å². The van der Waals surface area contributed by atoms with Crippen LogP contribution in [0, 0.1) is 5.92 Å². The SMILES string of the molecule is NC1CCC(C(=O)NC2CNC(=O)C2)C1. The molecule has 2 aliphatic rings. The number of nitrogens with one attached hydrogen (secondary N) is 2. The minimum absolute atomic E-state index is 0.0171. The van der Waals surface area contributed by atoms with Crippen LogP contribution in [0.4, 0.5) is 0 Å². The Morgan fingerprint density at radius 2 is 2.27 bits per heavy atom. The van der Waals surface area contributed by atoms with Crippen LogP contribution in [0.25, 0.3) is 0 Å². The van der Waals surface area contributed by atoms with Gasteiger partial charge in [0.1, 0.15) is 0 Å². The quantitative estimate of drug-likeness (QED) is 0.554. The number of nitrogens with two attached hydrogens (primary N) is 1. The molecule has 0 aromatic carbocycles. The molecule has 0 aromatic heterocycles. The summed E-state index contributed by atoms with van der Waals surface area (Å²) < 4.78 is 0. The fourth-order valence-corrected chi connectivity index (χ4v) is 2.28. The largest absolute Gasteiger partial charge is 0.354 e. The molecule has 1 saturated carbocycles. The zero-order chi connectivity index (χ0) is 10.8. The van der Waals surface area contributed by atoms with Gasteiger partial charge < -0.3 is 16.4 Å². The van der Waals surface area contributed by atoms with Crippen molar-refractivity contribution in [2.45, 2.75) is 37.8 Å². The summed E-state index contributed by atoms with van der Waals surface area (Å²) in [6, 6.07) is 0.144. The molecule has 3 atom stereocenters. The van der Waals surface area contributed by atoms with Crippen molar-refractivity contribution in [3.05, 3.63) is 0 Å². The van der Waals surface area contributed by atoms with Gasteiger partial charge in [0.25, 0.3) is 0 Å². The van der Waals surface area contributed by atoms with E-state index in [1.54, 1.807) is 0 Å². The molecule has 5 nitrogen and oxygen atoms in total. The summed E-state index contributed by atoms with van der Waals surface area (Å²) in [7, 11) is 0. The molecule has 3 unspecified atom stereocenters. The molecule has 2 fully saturated rings. The summed E-state index contributed by atoms with van der Waals surface area (Å²) in [4.78, 5) is 22.7. The average Bonchev–Trinajstić information content (AvgIpc) is 2.75. The number of amides is 2.